The molecule has 0 aliphatic carbocycles. The molecule has 10 heavy (non-hydrogen) atoms. The van der Waals surface area contributed by atoms with Gasteiger partial charge < -0.3 is 15.6 Å². The summed E-state index contributed by atoms with van der Waals surface area (Å²) in [5.74, 6) is 0. The predicted molar refractivity (Wildman–Crippen MR) is 38.4 cm³/mol. The molecular weight excluding hydrogens is 130 g/mol. The molecular formula is C7H15NO2. The maximum absolute atomic E-state index is 9.45. The van der Waals surface area contributed by atoms with E-state index < -0.39 is 5.60 Å². The summed E-state index contributed by atoms with van der Waals surface area (Å²) in [6.07, 6.45) is 1.47. The van der Waals surface area contributed by atoms with E-state index in [0.717, 1.165) is 12.8 Å². The molecule has 0 aromatic carbocycles. The van der Waals surface area contributed by atoms with Crippen LogP contribution in [-0.2, 0) is 4.74 Å². The third-order valence-corrected chi connectivity index (χ3v) is 1.84. The summed E-state index contributed by atoms with van der Waals surface area (Å²) in [7, 11) is 0. The highest BCUT2D eigenvalue weighted by molar-refractivity contribution is 4.83. The number of hydrogen-bond acceptors (Lipinski definition) is 3. The van der Waals surface area contributed by atoms with Gasteiger partial charge in [-0.05, 0) is 26.7 Å². The Morgan fingerprint density at radius 2 is 2.10 bits per heavy atom. The number of aliphatic hydroxyl groups is 1. The fraction of sp³-hybridized carbons (Fsp3) is 1.00. The minimum absolute atomic E-state index is 0.0810. The Morgan fingerprint density at radius 1 is 1.50 bits per heavy atom. The smallest absolute Gasteiger partial charge is 0.106 e. The molecule has 0 bridgehead atoms. The van der Waals surface area contributed by atoms with E-state index in [2.05, 4.69) is 0 Å². The van der Waals surface area contributed by atoms with Gasteiger partial charge in [-0.2, -0.15) is 0 Å². The highest BCUT2D eigenvalue weighted by atomic mass is 16.5. The summed E-state index contributed by atoms with van der Waals surface area (Å²) in [6.45, 7) is 3.49. The molecule has 3 heteroatoms. The van der Waals surface area contributed by atoms with Gasteiger partial charge in [0.25, 0.3) is 0 Å². The van der Waals surface area contributed by atoms with Gasteiger partial charge in [-0.1, -0.05) is 0 Å². The molecule has 3 nitrogen and oxygen atoms in total. The first-order valence-corrected chi connectivity index (χ1v) is 3.63. The van der Waals surface area contributed by atoms with Crippen molar-refractivity contribution in [3.8, 4) is 0 Å². The lowest BCUT2D eigenvalue weighted by Gasteiger charge is -2.24. The SMILES string of the molecule is CC(C)(O)[C@H]1CC[C@H](N)O1. The molecule has 0 radical (unpaired) electrons. The molecule has 0 amide bonds. The van der Waals surface area contributed by atoms with Crippen molar-refractivity contribution in [1.29, 1.82) is 0 Å². The Labute approximate surface area is 61.2 Å². The Bertz CT molecular complexity index is 119. The van der Waals surface area contributed by atoms with Crippen LogP contribution in [0, 0.1) is 0 Å². The van der Waals surface area contributed by atoms with Gasteiger partial charge >= 0.3 is 0 Å². The minimum atomic E-state index is -0.742. The van der Waals surface area contributed by atoms with E-state index in [1.54, 1.807) is 13.8 Å². The van der Waals surface area contributed by atoms with Gasteiger partial charge in [0.15, 0.2) is 0 Å². The van der Waals surface area contributed by atoms with Crippen LogP contribution in [0.15, 0.2) is 0 Å². The molecule has 0 aromatic heterocycles. The van der Waals surface area contributed by atoms with E-state index in [4.69, 9.17) is 10.5 Å². The molecule has 1 rings (SSSR count). The summed E-state index contributed by atoms with van der Waals surface area (Å²) in [4.78, 5) is 0. The number of hydrogen-bond donors (Lipinski definition) is 2. The van der Waals surface area contributed by atoms with Gasteiger partial charge in [0.1, 0.15) is 6.23 Å². The zero-order chi connectivity index (χ0) is 7.78. The summed E-state index contributed by atoms with van der Waals surface area (Å²) < 4.78 is 5.25. The average molecular weight is 145 g/mol. The molecule has 1 saturated heterocycles. The third kappa shape index (κ3) is 1.68. The van der Waals surface area contributed by atoms with Crippen LogP contribution in [0.2, 0.25) is 0 Å². The van der Waals surface area contributed by atoms with Crippen molar-refractivity contribution >= 4 is 0 Å². The van der Waals surface area contributed by atoms with Gasteiger partial charge in [0.2, 0.25) is 0 Å². The molecule has 0 aromatic rings. The van der Waals surface area contributed by atoms with Crippen LogP contribution in [0.5, 0.6) is 0 Å². The molecule has 0 spiro atoms. The van der Waals surface area contributed by atoms with E-state index in [0.29, 0.717) is 0 Å². The van der Waals surface area contributed by atoms with Crippen molar-refractivity contribution < 1.29 is 9.84 Å². The fourth-order valence-corrected chi connectivity index (χ4v) is 1.18. The number of rotatable bonds is 1. The molecule has 1 aliphatic rings. The molecule has 1 aliphatic heterocycles. The maximum Gasteiger partial charge on any atom is 0.106 e. The molecule has 0 unspecified atom stereocenters. The molecule has 2 atom stereocenters. The topological polar surface area (TPSA) is 55.5 Å². The van der Waals surface area contributed by atoms with Crippen molar-refractivity contribution in [1.82, 2.24) is 0 Å². The minimum Gasteiger partial charge on any atom is -0.388 e. The first kappa shape index (κ1) is 7.98. The van der Waals surface area contributed by atoms with Crippen LogP contribution >= 0.6 is 0 Å². The third-order valence-electron chi connectivity index (χ3n) is 1.84. The molecule has 1 fully saturated rings. The van der Waals surface area contributed by atoms with E-state index in [1.165, 1.54) is 0 Å². The van der Waals surface area contributed by atoms with E-state index >= 15 is 0 Å². The Kier molecular flexibility index (Phi) is 1.99. The summed E-state index contributed by atoms with van der Waals surface area (Å²) in [5, 5.41) is 9.45. The van der Waals surface area contributed by atoms with Crippen LogP contribution in [-0.4, -0.2) is 23.0 Å². The van der Waals surface area contributed by atoms with Crippen molar-refractivity contribution in [3.63, 3.8) is 0 Å². The van der Waals surface area contributed by atoms with Gasteiger partial charge in [0, 0.05) is 0 Å². The van der Waals surface area contributed by atoms with E-state index in [1.807, 2.05) is 0 Å². The van der Waals surface area contributed by atoms with Crippen molar-refractivity contribution in [2.45, 2.75) is 44.6 Å². The van der Waals surface area contributed by atoms with Crippen LogP contribution in [0.4, 0.5) is 0 Å². The quantitative estimate of drug-likeness (QED) is 0.555. The van der Waals surface area contributed by atoms with Crippen LogP contribution in [0.1, 0.15) is 26.7 Å². The summed E-state index contributed by atoms with van der Waals surface area (Å²) in [5.41, 5.74) is 4.75. The summed E-state index contributed by atoms with van der Waals surface area (Å²) in [6, 6.07) is 0. The van der Waals surface area contributed by atoms with Gasteiger partial charge in [-0.3, -0.25) is 0 Å². The average Bonchev–Trinajstić information content (AvgIpc) is 2.11. The van der Waals surface area contributed by atoms with Crippen LogP contribution in [0.3, 0.4) is 0 Å². The second kappa shape index (κ2) is 2.49. The Hall–Kier alpha value is -0.120. The zero-order valence-electron chi connectivity index (χ0n) is 6.50. The second-order valence-corrected chi connectivity index (χ2v) is 3.39. The summed E-state index contributed by atoms with van der Waals surface area (Å²) >= 11 is 0. The highest BCUT2D eigenvalue weighted by Crippen LogP contribution is 2.25. The first-order valence-electron chi connectivity index (χ1n) is 3.63. The van der Waals surface area contributed by atoms with Crippen LogP contribution in [0.25, 0.3) is 0 Å². The number of nitrogens with two attached hydrogens (primary N) is 1. The zero-order valence-corrected chi connectivity index (χ0v) is 6.50. The standard InChI is InChI=1S/C7H15NO2/c1-7(2,9)5-3-4-6(8)10-5/h5-6,9H,3-4,8H2,1-2H3/t5-,6-/m1/s1. The molecule has 0 saturated carbocycles. The molecule has 1 heterocycles. The monoisotopic (exact) mass is 145 g/mol. The molecule has 3 N–H and O–H groups in total. The Balaban J connectivity index is 2.45. The fourth-order valence-electron chi connectivity index (χ4n) is 1.18. The lowest BCUT2D eigenvalue weighted by molar-refractivity contribution is -0.0810. The van der Waals surface area contributed by atoms with Gasteiger partial charge in [0.05, 0.1) is 11.7 Å². The first-order chi connectivity index (χ1) is 4.50. The number of ether oxygens (including phenoxy) is 1. The van der Waals surface area contributed by atoms with Crippen molar-refractivity contribution in [3.05, 3.63) is 0 Å². The largest absolute Gasteiger partial charge is 0.388 e. The second-order valence-electron chi connectivity index (χ2n) is 3.39. The van der Waals surface area contributed by atoms with Crippen molar-refractivity contribution in [2.75, 3.05) is 0 Å². The van der Waals surface area contributed by atoms with Gasteiger partial charge in [-0.25, -0.2) is 0 Å². The van der Waals surface area contributed by atoms with E-state index in [9.17, 15) is 5.11 Å². The molecule has 60 valence electrons. The lowest BCUT2D eigenvalue weighted by Crippen LogP contribution is -2.36. The normalized spacial score (nSPS) is 34.8. The Morgan fingerprint density at radius 3 is 2.30 bits per heavy atom. The van der Waals surface area contributed by atoms with E-state index in [-0.39, 0.29) is 12.3 Å². The van der Waals surface area contributed by atoms with Crippen molar-refractivity contribution in [2.24, 2.45) is 5.73 Å². The maximum atomic E-state index is 9.45. The van der Waals surface area contributed by atoms with Crippen LogP contribution < -0.4 is 5.73 Å². The predicted octanol–water partition coefficient (Wildman–Crippen LogP) is 0.221. The van der Waals surface area contributed by atoms with Gasteiger partial charge in [-0.15, -0.1) is 0 Å². The lowest BCUT2D eigenvalue weighted by atomic mass is 10.00. The highest BCUT2D eigenvalue weighted by Gasteiger charge is 2.33.